The normalized spacial score (nSPS) is 13.5. The van der Waals surface area contributed by atoms with Gasteiger partial charge in [-0.2, -0.15) is 9.82 Å². The van der Waals surface area contributed by atoms with Crippen molar-refractivity contribution in [3.8, 4) is 0 Å². The summed E-state index contributed by atoms with van der Waals surface area (Å²) in [6.45, 7) is 11.7. The highest BCUT2D eigenvalue weighted by Crippen LogP contribution is 2.23. The number of rotatable bonds is 6. The van der Waals surface area contributed by atoms with Crippen LogP contribution >= 0.6 is 0 Å². The molecule has 2 heterocycles. The van der Waals surface area contributed by atoms with Crippen molar-refractivity contribution in [2.24, 2.45) is 0 Å². The smallest absolute Gasteiger partial charge is 0.242 e. The zero-order chi connectivity index (χ0) is 23.0. The van der Waals surface area contributed by atoms with Gasteiger partial charge in [-0.25, -0.2) is 18.1 Å². The molecule has 9 heteroatoms. The van der Waals surface area contributed by atoms with Gasteiger partial charge in [0.05, 0.1) is 29.0 Å². The van der Waals surface area contributed by atoms with Crippen molar-refractivity contribution < 1.29 is 13.2 Å². The van der Waals surface area contributed by atoms with Crippen LogP contribution in [0.15, 0.2) is 47.6 Å². The second-order valence-electron chi connectivity index (χ2n) is 8.93. The highest BCUT2D eigenvalue weighted by Gasteiger charge is 2.23. The number of fused-ring (bicyclic) bond motifs is 1. The number of nitrogens with one attached hydrogen (secondary N) is 2. The van der Waals surface area contributed by atoms with Gasteiger partial charge in [0.25, 0.3) is 0 Å². The van der Waals surface area contributed by atoms with Gasteiger partial charge in [0.15, 0.2) is 5.65 Å². The third-order valence-electron chi connectivity index (χ3n) is 4.95. The van der Waals surface area contributed by atoms with E-state index in [1.54, 1.807) is 41.2 Å². The molecule has 2 N–H and O–H groups in total. The maximum absolute atomic E-state index is 12.7. The van der Waals surface area contributed by atoms with Gasteiger partial charge < -0.3 is 5.32 Å². The molecule has 0 unspecified atom stereocenters. The molecule has 31 heavy (non-hydrogen) atoms. The highest BCUT2D eigenvalue weighted by atomic mass is 32.2. The molecule has 0 spiro atoms. The number of aromatic nitrogens is 3. The Morgan fingerprint density at radius 2 is 1.71 bits per heavy atom. The summed E-state index contributed by atoms with van der Waals surface area (Å²) in [6, 6.07) is 7.64. The second kappa shape index (κ2) is 8.39. The van der Waals surface area contributed by atoms with E-state index in [0.29, 0.717) is 5.69 Å². The molecule has 0 bridgehead atoms. The minimum Gasteiger partial charge on any atom is -0.323 e. The van der Waals surface area contributed by atoms with Crippen molar-refractivity contribution in [1.82, 2.24) is 19.5 Å². The van der Waals surface area contributed by atoms with Crippen molar-refractivity contribution in [2.45, 2.75) is 63.9 Å². The lowest BCUT2D eigenvalue weighted by Crippen LogP contribution is -2.41. The molecule has 0 aliphatic carbocycles. The fourth-order valence-corrected chi connectivity index (χ4v) is 4.33. The Bertz CT molecular complexity index is 1190. The van der Waals surface area contributed by atoms with Gasteiger partial charge in [0, 0.05) is 11.4 Å². The Labute approximate surface area is 183 Å². The Morgan fingerprint density at radius 3 is 2.29 bits per heavy atom. The van der Waals surface area contributed by atoms with E-state index in [4.69, 9.17) is 0 Å². The Hall–Kier alpha value is -2.78. The van der Waals surface area contributed by atoms with Crippen molar-refractivity contribution in [3.05, 3.63) is 48.3 Å². The second-order valence-corrected chi connectivity index (χ2v) is 10.6. The summed E-state index contributed by atoms with van der Waals surface area (Å²) in [4.78, 5) is 17.1. The topological polar surface area (TPSA) is 106 Å². The molecule has 8 nitrogen and oxygen atoms in total. The summed E-state index contributed by atoms with van der Waals surface area (Å²) in [7, 11) is -3.84. The summed E-state index contributed by atoms with van der Waals surface area (Å²) in [5.41, 5.74) is 2.15. The summed E-state index contributed by atoms with van der Waals surface area (Å²) in [6.07, 6.45) is 3.22. The van der Waals surface area contributed by atoms with Crippen LogP contribution in [-0.4, -0.2) is 35.1 Å². The molecule has 1 aromatic carbocycles. The average molecular weight is 444 g/mol. The van der Waals surface area contributed by atoms with Crippen LogP contribution in [0.1, 0.15) is 53.1 Å². The number of nitrogens with zero attached hydrogens (tertiary/aromatic N) is 3. The first-order valence-electron chi connectivity index (χ1n) is 10.2. The van der Waals surface area contributed by atoms with E-state index in [1.165, 1.54) is 13.1 Å². The van der Waals surface area contributed by atoms with Gasteiger partial charge in [0.1, 0.15) is 0 Å². The molecule has 0 aliphatic heterocycles. The molecule has 3 rings (SSSR count). The molecular weight excluding hydrogens is 414 g/mol. The molecule has 0 fully saturated rings. The number of carbonyl (C=O) groups excluding carboxylic acids is 1. The zero-order valence-corrected chi connectivity index (χ0v) is 19.5. The van der Waals surface area contributed by atoms with Crippen LogP contribution < -0.4 is 10.0 Å². The number of amides is 1. The Balaban J connectivity index is 1.70. The van der Waals surface area contributed by atoms with Crippen LogP contribution in [0.2, 0.25) is 0 Å². The molecule has 0 saturated carbocycles. The summed E-state index contributed by atoms with van der Waals surface area (Å²) in [5, 5.41) is 7.80. The van der Waals surface area contributed by atoms with Crippen LogP contribution in [-0.2, 0) is 20.2 Å². The van der Waals surface area contributed by atoms with Crippen LogP contribution in [0.5, 0.6) is 0 Å². The Morgan fingerprint density at radius 1 is 1.06 bits per heavy atom. The van der Waals surface area contributed by atoms with E-state index in [2.05, 4.69) is 40.9 Å². The first kappa shape index (κ1) is 22.9. The number of carbonyl (C=O) groups is 1. The third-order valence-corrected chi connectivity index (χ3v) is 6.50. The predicted molar refractivity (Wildman–Crippen MR) is 121 cm³/mol. The summed E-state index contributed by atoms with van der Waals surface area (Å²) in [5.74, 6) is -0.479. The van der Waals surface area contributed by atoms with E-state index in [-0.39, 0.29) is 16.4 Å². The van der Waals surface area contributed by atoms with E-state index >= 15 is 0 Å². The fraction of sp³-hybridized carbons (Fsp3) is 0.409. The minimum atomic E-state index is -3.84. The maximum atomic E-state index is 12.7. The largest absolute Gasteiger partial charge is 0.323 e. The lowest BCUT2D eigenvalue weighted by atomic mass is 9.87. The SMILES string of the molecule is CC(C)n1ncc2cc(NC(=O)[C@H](C)NS(=O)(=O)c3ccc(C(C)(C)C)cc3)cnc21. The number of pyridine rings is 1. The number of benzene rings is 1. The van der Waals surface area contributed by atoms with E-state index in [1.807, 2.05) is 13.8 Å². The fourth-order valence-electron chi connectivity index (χ4n) is 3.13. The van der Waals surface area contributed by atoms with E-state index in [9.17, 15) is 13.2 Å². The van der Waals surface area contributed by atoms with Gasteiger partial charge in [0.2, 0.25) is 15.9 Å². The highest BCUT2D eigenvalue weighted by molar-refractivity contribution is 7.89. The summed E-state index contributed by atoms with van der Waals surface area (Å²) < 4.78 is 29.6. The molecule has 166 valence electrons. The average Bonchev–Trinajstić information content (AvgIpc) is 3.10. The maximum Gasteiger partial charge on any atom is 0.242 e. The first-order valence-corrected chi connectivity index (χ1v) is 11.6. The first-order chi connectivity index (χ1) is 14.4. The zero-order valence-electron chi connectivity index (χ0n) is 18.7. The van der Waals surface area contributed by atoms with Crippen molar-refractivity contribution in [3.63, 3.8) is 0 Å². The van der Waals surface area contributed by atoms with Gasteiger partial charge in [-0.1, -0.05) is 32.9 Å². The Kier molecular flexibility index (Phi) is 6.20. The van der Waals surface area contributed by atoms with Crippen LogP contribution in [0, 0.1) is 0 Å². The third kappa shape index (κ3) is 5.11. The van der Waals surface area contributed by atoms with Crippen LogP contribution in [0.25, 0.3) is 11.0 Å². The molecular formula is C22H29N5O3S. The van der Waals surface area contributed by atoms with Crippen molar-refractivity contribution in [2.75, 3.05) is 5.32 Å². The molecule has 3 aromatic rings. The molecule has 0 saturated heterocycles. The van der Waals surface area contributed by atoms with Gasteiger partial charge in [-0.15, -0.1) is 0 Å². The monoisotopic (exact) mass is 443 g/mol. The van der Waals surface area contributed by atoms with Gasteiger partial charge in [-0.3, -0.25) is 4.79 Å². The number of sulfonamides is 1. The molecule has 1 amide bonds. The van der Waals surface area contributed by atoms with Gasteiger partial charge in [-0.05, 0) is 49.9 Å². The predicted octanol–water partition coefficient (Wildman–Crippen LogP) is 3.62. The van der Waals surface area contributed by atoms with Crippen LogP contribution in [0.4, 0.5) is 5.69 Å². The van der Waals surface area contributed by atoms with E-state index < -0.39 is 22.0 Å². The van der Waals surface area contributed by atoms with E-state index in [0.717, 1.165) is 16.6 Å². The molecule has 0 radical (unpaired) electrons. The number of anilines is 1. The number of hydrogen-bond donors (Lipinski definition) is 2. The number of hydrogen-bond acceptors (Lipinski definition) is 5. The minimum absolute atomic E-state index is 0.0797. The quantitative estimate of drug-likeness (QED) is 0.605. The molecule has 0 aliphatic rings. The van der Waals surface area contributed by atoms with Crippen molar-refractivity contribution >= 4 is 32.7 Å². The molecule has 2 aromatic heterocycles. The molecule has 1 atom stereocenters. The van der Waals surface area contributed by atoms with Crippen LogP contribution in [0.3, 0.4) is 0 Å². The lowest BCUT2D eigenvalue weighted by molar-refractivity contribution is -0.117. The standard InChI is InChI=1S/C22H29N5O3S/c1-14(2)27-20-16(12-24-27)11-18(13-23-20)25-21(28)15(3)26-31(29,30)19-9-7-17(8-10-19)22(4,5)6/h7-15,26H,1-6H3,(H,25,28)/t15-/m0/s1. The summed E-state index contributed by atoms with van der Waals surface area (Å²) >= 11 is 0. The van der Waals surface area contributed by atoms with Crippen molar-refractivity contribution in [1.29, 1.82) is 0 Å². The van der Waals surface area contributed by atoms with Gasteiger partial charge >= 0.3 is 0 Å². The lowest BCUT2D eigenvalue weighted by Gasteiger charge is -2.19.